The van der Waals surface area contributed by atoms with Crippen LogP contribution in [0.25, 0.3) is 0 Å². The summed E-state index contributed by atoms with van der Waals surface area (Å²) in [5.41, 5.74) is 1.70. The number of phenols is 1. The molecule has 0 bridgehead atoms. The van der Waals surface area contributed by atoms with E-state index >= 15 is 0 Å². The molecule has 0 aromatic heterocycles. The Balaban J connectivity index is 1.70. The molecule has 1 amide bonds. The molecule has 0 spiro atoms. The lowest BCUT2D eigenvalue weighted by Crippen LogP contribution is -2.40. The van der Waals surface area contributed by atoms with Crippen LogP contribution in [0.5, 0.6) is 11.5 Å². The predicted octanol–water partition coefficient (Wildman–Crippen LogP) is 4.15. The van der Waals surface area contributed by atoms with Gasteiger partial charge in [-0.1, -0.05) is 30.7 Å². The molecule has 1 heterocycles. The van der Waals surface area contributed by atoms with E-state index in [1.807, 2.05) is 6.92 Å². The van der Waals surface area contributed by atoms with Crippen molar-refractivity contribution in [2.24, 2.45) is 0 Å². The van der Waals surface area contributed by atoms with Gasteiger partial charge in [0.15, 0.2) is 5.75 Å². The van der Waals surface area contributed by atoms with Gasteiger partial charge in [0.1, 0.15) is 17.1 Å². The van der Waals surface area contributed by atoms with Crippen molar-refractivity contribution in [3.05, 3.63) is 57.9 Å². The second-order valence-corrected chi connectivity index (χ2v) is 7.64. The maximum absolute atomic E-state index is 13.1. The van der Waals surface area contributed by atoms with Gasteiger partial charge < -0.3 is 15.2 Å². The van der Waals surface area contributed by atoms with E-state index < -0.39 is 5.91 Å². The smallest absolute Gasteiger partial charge is 0.258 e. The molecule has 2 aromatic carbocycles. The summed E-state index contributed by atoms with van der Waals surface area (Å²) in [7, 11) is 1.42. The number of nitrogens with one attached hydrogen (secondary N) is 1. The van der Waals surface area contributed by atoms with Crippen LogP contribution in [0.2, 0.25) is 5.02 Å². The number of hydrogen-bond acceptors (Lipinski definition) is 4. The fraction of sp³-hybridized carbons (Fsp3) is 0.409. The molecular weight excluding hydrogens is 395 g/mol. The second kappa shape index (κ2) is 9.46. The van der Waals surface area contributed by atoms with E-state index in [2.05, 4.69) is 10.2 Å². The van der Waals surface area contributed by atoms with Crippen LogP contribution in [0.4, 0.5) is 4.39 Å². The average Bonchev–Trinajstić information content (AvgIpc) is 3.15. The number of carbonyl (C=O) groups excluding carboxylic acids is 1. The molecular formula is C22H26ClFN2O3. The Kier molecular flexibility index (Phi) is 6.98. The van der Waals surface area contributed by atoms with Gasteiger partial charge in [0, 0.05) is 19.1 Å². The van der Waals surface area contributed by atoms with E-state index in [1.165, 1.54) is 19.2 Å². The van der Waals surface area contributed by atoms with Crippen LogP contribution >= 0.6 is 11.6 Å². The minimum atomic E-state index is -0.412. The van der Waals surface area contributed by atoms with Crippen LogP contribution in [0.3, 0.4) is 0 Å². The highest BCUT2D eigenvalue weighted by Gasteiger charge is 2.27. The summed E-state index contributed by atoms with van der Waals surface area (Å²) in [6.07, 6.45) is 2.54. The maximum atomic E-state index is 13.1. The van der Waals surface area contributed by atoms with E-state index in [1.54, 1.807) is 18.2 Å². The number of likely N-dealkylation sites (tertiary alicyclic amines) is 1. The fourth-order valence-electron chi connectivity index (χ4n) is 3.81. The molecule has 1 aliphatic rings. The molecule has 1 fully saturated rings. The normalized spacial score (nSPS) is 16.8. The largest absolute Gasteiger partial charge is 0.507 e. The molecule has 2 aromatic rings. The Morgan fingerprint density at radius 2 is 2.10 bits per heavy atom. The number of phenolic OH excluding ortho intramolecular Hbond substituents is 1. The van der Waals surface area contributed by atoms with Crippen LogP contribution in [-0.2, 0) is 13.0 Å². The first-order valence-electron chi connectivity index (χ1n) is 9.79. The van der Waals surface area contributed by atoms with Gasteiger partial charge in [-0.05, 0) is 55.1 Å². The first-order chi connectivity index (χ1) is 13.9. The molecule has 1 saturated heterocycles. The van der Waals surface area contributed by atoms with Gasteiger partial charge in [-0.25, -0.2) is 4.39 Å². The van der Waals surface area contributed by atoms with Gasteiger partial charge in [-0.15, -0.1) is 0 Å². The zero-order valence-electron chi connectivity index (χ0n) is 16.7. The highest BCUT2D eigenvalue weighted by atomic mass is 35.5. The number of amides is 1. The summed E-state index contributed by atoms with van der Waals surface area (Å²) in [5, 5.41) is 13.7. The summed E-state index contributed by atoms with van der Waals surface area (Å²) in [6, 6.07) is 8.27. The van der Waals surface area contributed by atoms with Gasteiger partial charge in [0.2, 0.25) is 0 Å². The monoisotopic (exact) mass is 420 g/mol. The lowest BCUT2D eigenvalue weighted by molar-refractivity contribution is 0.0933. The Morgan fingerprint density at radius 3 is 2.76 bits per heavy atom. The Labute approximate surface area is 175 Å². The molecule has 7 heteroatoms. The summed E-state index contributed by atoms with van der Waals surface area (Å²) in [4.78, 5) is 15.1. The minimum absolute atomic E-state index is 0.0694. The molecule has 29 heavy (non-hydrogen) atoms. The number of hydrogen-bond donors (Lipinski definition) is 2. The fourth-order valence-corrected chi connectivity index (χ4v) is 4.12. The molecule has 1 aliphatic heterocycles. The molecule has 5 nitrogen and oxygen atoms in total. The number of aromatic hydroxyl groups is 1. The number of nitrogens with zero attached hydrogens (tertiary/aromatic N) is 1. The number of methoxy groups -OCH3 is 1. The number of ether oxygens (including phenoxy) is 1. The topological polar surface area (TPSA) is 61.8 Å². The summed E-state index contributed by atoms with van der Waals surface area (Å²) in [6.45, 7) is 3.94. The Hall–Kier alpha value is -2.31. The molecule has 0 radical (unpaired) electrons. The number of aryl methyl sites for hydroxylation is 1. The van der Waals surface area contributed by atoms with Gasteiger partial charge in [-0.2, -0.15) is 0 Å². The minimum Gasteiger partial charge on any atom is -0.507 e. The molecule has 0 saturated carbocycles. The van der Waals surface area contributed by atoms with Crippen molar-refractivity contribution in [3.63, 3.8) is 0 Å². The zero-order valence-corrected chi connectivity index (χ0v) is 17.4. The Bertz CT molecular complexity index is 873. The summed E-state index contributed by atoms with van der Waals surface area (Å²) < 4.78 is 18.4. The van der Waals surface area contributed by atoms with Crippen LogP contribution in [-0.4, -0.2) is 42.2 Å². The molecule has 2 N–H and O–H groups in total. The average molecular weight is 421 g/mol. The molecule has 3 rings (SSSR count). The number of halogens is 2. The maximum Gasteiger partial charge on any atom is 0.258 e. The van der Waals surface area contributed by atoms with Gasteiger partial charge in [-0.3, -0.25) is 9.69 Å². The highest BCUT2D eigenvalue weighted by Crippen LogP contribution is 2.38. The lowest BCUT2D eigenvalue weighted by Gasteiger charge is -2.25. The zero-order chi connectivity index (χ0) is 21.0. The van der Waals surface area contributed by atoms with E-state index in [0.717, 1.165) is 24.9 Å². The van der Waals surface area contributed by atoms with Gasteiger partial charge in [0.05, 0.1) is 12.1 Å². The SMILES string of the molecule is CCc1cc(Cl)c(OC)c(C(=O)NC[C@@H]2CCCN2Cc2ccc(F)cc2)c1O. The van der Waals surface area contributed by atoms with Crippen LogP contribution in [0.15, 0.2) is 30.3 Å². The van der Waals surface area contributed by atoms with Gasteiger partial charge >= 0.3 is 0 Å². The predicted molar refractivity (Wildman–Crippen MR) is 111 cm³/mol. The first-order valence-corrected chi connectivity index (χ1v) is 10.2. The van der Waals surface area contributed by atoms with Crippen molar-refractivity contribution in [3.8, 4) is 11.5 Å². The molecule has 0 aliphatic carbocycles. The summed E-state index contributed by atoms with van der Waals surface area (Å²) in [5.74, 6) is -0.583. The van der Waals surface area contributed by atoms with Crippen LogP contribution in [0, 0.1) is 5.82 Å². The number of carbonyl (C=O) groups is 1. The Morgan fingerprint density at radius 1 is 1.38 bits per heavy atom. The third-order valence-corrected chi connectivity index (χ3v) is 5.67. The summed E-state index contributed by atoms with van der Waals surface area (Å²) >= 11 is 6.23. The number of benzene rings is 2. The standard InChI is InChI=1S/C22H26ClFN2O3/c1-3-15-11-18(23)21(29-2)19(20(15)27)22(28)25-12-17-5-4-10-26(17)13-14-6-8-16(24)9-7-14/h6-9,11,17,27H,3-5,10,12-13H2,1-2H3,(H,25,28)/t17-/m0/s1. The van der Waals surface area contributed by atoms with E-state index in [4.69, 9.17) is 16.3 Å². The third-order valence-electron chi connectivity index (χ3n) is 5.39. The van der Waals surface area contributed by atoms with Crippen molar-refractivity contribution < 1.29 is 19.0 Å². The quantitative estimate of drug-likeness (QED) is 0.706. The van der Waals surface area contributed by atoms with Crippen molar-refractivity contribution in [2.75, 3.05) is 20.2 Å². The van der Waals surface area contributed by atoms with Gasteiger partial charge in [0.25, 0.3) is 5.91 Å². The van der Waals surface area contributed by atoms with Crippen molar-refractivity contribution in [2.45, 2.75) is 38.8 Å². The van der Waals surface area contributed by atoms with Crippen molar-refractivity contribution in [1.82, 2.24) is 10.2 Å². The number of rotatable bonds is 7. The molecule has 1 atom stereocenters. The van der Waals surface area contributed by atoms with E-state index in [9.17, 15) is 14.3 Å². The first kappa shape index (κ1) is 21.4. The van der Waals surface area contributed by atoms with E-state index in [0.29, 0.717) is 30.1 Å². The van der Waals surface area contributed by atoms with E-state index in [-0.39, 0.29) is 28.9 Å². The third kappa shape index (κ3) is 4.82. The van der Waals surface area contributed by atoms with Crippen molar-refractivity contribution in [1.29, 1.82) is 0 Å². The molecule has 0 unspecified atom stereocenters. The van der Waals surface area contributed by atoms with Crippen molar-refractivity contribution >= 4 is 17.5 Å². The van der Waals surface area contributed by atoms with Crippen LogP contribution < -0.4 is 10.1 Å². The second-order valence-electron chi connectivity index (χ2n) is 7.23. The molecule has 156 valence electrons. The lowest BCUT2D eigenvalue weighted by atomic mass is 10.0. The van der Waals surface area contributed by atoms with Crippen LogP contribution in [0.1, 0.15) is 41.3 Å². The highest BCUT2D eigenvalue weighted by molar-refractivity contribution is 6.33.